The molecule has 3 heterocycles. The fraction of sp³-hybridized carbons (Fsp3) is 0.882. The van der Waals surface area contributed by atoms with Gasteiger partial charge in [0.2, 0.25) is 11.8 Å². The van der Waals surface area contributed by atoms with E-state index in [-0.39, 0.29) is 23.7 Å². The summed E-state index contributed by atoms with van der Waals surface area (Å²) in [5.74, 6) is 1.90. The molecule has 1 N–H and O–H groups in total. The lowest BCUT2D eigenvalue weighted by atomic mass is 9.95. The van der Waals surface area contributed by atoms with Crippen molar-refractivity contribution in [3.05, 3.63) is 0 Å². The molecule has 3 rings (SSSR count). The number of nitrogens with zero attached hydrogens (tertiary/aromatic N) is 2. The van der Waals surface area contributed by atoms with Crippen LogP contribution in [0.1, 0.15) is 33.1 Å². The highest BCUT2D eigenvalue weighted by atomic mass is 16.2. The number of rotatable bonds is 3. The van der Waals surface area contributed by atoms with E-state index >= 15 is 0 Å². The smallest absolute Gasteiger partial charge is 0.227 e. The lowest BCUT2D eigenvalue weighted by Crippen LogP contribution is -2.47. The van der Waals surface area contributed by atoms with Crippen LogP contribution in [0.3, 0.4) is 0 Å². The third kappa shape index (κ3) is 3.00. The molecular weight excluding hydrogens is 278 g/mol. The molecule has 0 bridgehead atoms. The molecule has 0 aliphatic carbocycles. The van der Waals surface area contributed by atoms with Gasteiger partial charge in [0, 0.05) is 45.2 Å². The summed E-state index contributed by atoms with van der Waals surface area (Å²) in [5, 5.41) is 3.41. The summed E-state index contributed by atoms with van der Waals surface area (Å²) in [6.45, 7) is 9.41. The quantitative estimate of drug-likeness (QED) is 0.844. The number of hydrogen-bond acceptors (Lipinski definition) is 3. The van der Waals surface area contributed by atoms with Gasteiger partial charge in [-0.3, -0.25) is 9.59 Å². The number of likely N-dealkylation sites (tertiary alicyclic amines) is 2. The van der Waals surface area contributed by atoms with E-state index in [0.29, 0.717) is 18.4 Å². The average Bonchev–Trinajstić information content (AvgIpc) is 3.14. The number of carbonyl (C=O) groups is 2. The van der Waals surface area contributed by atoms with Gasteiger partial charge in [-0.15, -0.1) is 0 Å². The van der Waals surface area contributed by atoms with Crippen molar-refractivity contribution in [2.45, 2.75) is 33.1 Å². The van der Waals surface area contributed by atoms with Gasteiger partial charge in [0.25, 0.3) is 0 Å². The molecule has 0 saturated carbocycles. The van der Waals surface area contributed by atoms with Crippen molar-refractivity contribution < 1.29 is 9.59 Å². The molecule has 0 spiro atoms. The van der Waals surface area contributed by atoms with E-state index < -0.39 is 0 Å². The first-order valence-corrected chi connectivity index (χ1v) is 8.88. The fourth-order valence-electron chi connectivity index (χ4n) is 4.16. The van der Waals surface area contributed by atoms with Crippen LogP contribution < -0.4 is 5.32 Å². The van der Waals surface area contributed by atoms with Crippen molar-refractivity contribution in [2.75, 3.05) is 39.3 Å². The van der Waals surface area contributed by atoms with E-state index in [1.807, 2.05) is 18.7 Å². The molecule has 0 radical (unpaired) electrons. The maximum absolute atomic E-state index is 12.8. The molecule has 3 aliphatic rings. The van der Waals surface area contributed by atoms with E-state index in [1.54, 1.807) is 0 Å². The third-order valence-corrected chi connectivity index (χ3v) is 5.82. The highest BCUT2D eigenvalue weighted by Gasteiger charge is 2.40. The summed E-state index contributed by atoms with van der Waals surface area (Å²) in [6, 6.07) is 0. The summed E-state index contributed by atoms with van der Waals surface area (Å²) < 4.78 is 0. The van der Waals surface area contributed by atoms with Crippen molar-refractivity contribution in [1.29, 1.82) is 0 Å². The normalized spacial score (nSPS) is 32.9. The molecule has 0 aromatic rings. The molecule has 124 valence electrons. The molecule has 3 saturated heterocycles. The molecule has 0 aromatic carbocycles. The van der Waals surface area contributed by atoms with Crippen molar-refractivity contribution in [1.82, 2.24) is 15.1 Å². The molecule has 2 unspecified atom stereocenters. The average molecular weight is 307 g/mol. The minimum absolute atomic E-state index is 0.0218. The van der Waals surface area contributed by atoms with E-state index in [4.69, 9.17) is 0 Å². The van der Waals surface area contributed by atoms with Crippen molar-refractivity contribution in [3.63, 3.8) is 0 Å². The van der Waals surface area contributed by atoms with Gasteiger partial charge in [0.15, 0.2) is 0 Å². The van der Waals surface area contributed by atoms with Crippen LogP contribution in [0.25, 0.3) is 0 Å². The fourth-order valence-corrected chi connectivity index (χ4v) is 4.16. The van der Waals surface area contributed by atoms with Gasteiger partial charge in [-0.05, 0) is 31.1 Å². The second-order valence-electron chi connectivity index (χ2n) is 7.35. The largest absolute Gasteiger partial charge is 0.342 e. The van der Waals surface area contributed by atoms with E-state index in [2.05, 4.69) is 10.2 Å². The minimum Gasteiger partial charge on any atom is -0.342 e. The summed E-state index contributed by atoms with van der Waals surface area (Å²) in [6.07, 6.45) is 2.77. The standard InChI is InChI=1S/C17H29N3O2/c1-3-12(2)16(21)19-6-4-5-13(9-19)17(22)20-10-14-7-18-8-15(14)11-20/h12-15,18H,3-11H2,1-2H3/t12?,13?,14-,15+. The zero-order valence-electron chi connectivity index (χ0n) is 13.9. The summed E-state index contributed by atoms with van der Waals surface area (Å²) in [5.41, 5.74) is 0. The van der Waals surface area contributed by atoms with Crippen molar-refractivity contribution in [2.24, 2.45) is 23.7 Å². The molecule has 0 aromatic heterocycles. The van der Waals surface area contributed by atoms with E-state index in [9.17, 15) is 9.59 Å². The maximum Gasteiger partial charge on any atom is 0.227 e. The Morgan fingerprint density at radius 3 is 2.45 bits per heavy atom. The highest BCUT2D eigenvalue weighted by molar-refractivity contribution is 5.82. The second kappa shape index (κ2) is 6.57. The Bertz CT molecular complexity index is 428. The number of carbonyl (C=O) groups excluding carboxylic acids is 2. The molecular formula is C17H29N3O2. The summed E-state index contributed by atoms with van der Waals surface area (Å²) in [4.78, 5) is 29.2. The first-order chi connectivity index (χ1) is 10.6. The number of nitrogens with one attached hydrogen (secondary N) is 1. The molecule has 22 heavy (non-hydrogen) atoms. The third-order valence-electron chi connectivity index (χ3n) is 5.82. The molecule has 5 heteroatoms. The van der Waals surface area contributed by atoms with Crippen LogP contribution >= 0.6 is 0 Å². The number of hydrogen-bond donors (Lipinski definition) is 1. The molecule has 4 atom stereocenters. The Hall–Kier alpha value is -1.10. The van der Waals surface area contributed by atoms with E-state index in [0.717, 1.165) is 52.0 Å². The molecule has 2 amide bonds. The Kier molecular flexibility index (Phi) is 4.71. The number of fused-ring (bicyclic) bond motifs is 1. The molecule has 3 fully saturated rings. The predicted octanol–water partition coefficient (Wildman–Crippen LogP) is 0.949. The summed E-state index contributed by atoms with van der Waals surface area (Å²) >= 11 is 0. The van der Waals surface area contributed by atoms with Crippen LogP contribution in [-0.4, -0.2) is 60.9 Å². The lowest BCUT2D eigenvalue weighted by Gasteiger charge is -2.35. The Labute approximate surface area is 133 Å². The van der Waals surface area contributed by atoms with Crippen LogP contribution in [-0.2, 0) is 9.59 Å². The minimum atomic E-state index is 0.0218. The first-order valence-electron chi connectivity index (χ1n) is 8.88. The monoisotopic (exact) mass is 307 g/mol. The van der Waals surface area contributed by atoms with Crippen LogP contribution in [0, 0.1) is 23.7 Å². The maximum atomic E-state index is 12.8. The van der Waals surface area contributed by atoms with E-state index in [1.165, 1.54) is 0 Å². The predicted molar refractivity (Wildman–Crippen MR) is 85.2 cm³/mol. The number of piperidine rings is 1. The highest BCUT2D eigenvalue weighted by Crippen LogP contribution is 2.29. The lowest BCUT2D eigenvalue weighted by molar-refractivity contribution is -0.142. The molecule has 3 aliphatic heterocycles. The SMILES string of the molecule is CCC(C)C(=O)N1CCCC(C(=O)N2C[C@H]3CNC[C@H]3C2)C1. The number of amides is 2. The first kappa shape index (κ1) is 15.8. The van der Waals surface area contributed by atoms with Gasteiger partial charge in [-0.25, -0.2) is 0 Å². The van der Waals surface area contributed by atoms with Gasteiger partial charge < -0.3 is 15.1 Å². The van der Waals surface area contributed by atoms with Gasteiger partial charge in [-0.2, -0.15) is 0 Å². The Balaban J connectivity index is 1.57. The summed E-state index contributed by atoms with van der Waals surface area (Å²) in [7, 11) is 0. The Morgan fingerprint density at radius 2 is 1.82 bits per heavy atom. The van der Waals surface area contributed by atoms with Gasteiger partial charge in [0.1, 0.15) is 0 Å². The van der Waals surface area contributed by atoms with Gasteiger partial charge in [-0.1, -0.05) is 13.8 Å². The second-order valence-corrected chi connectivity index (χ2v) is 7.35. The molecule has 5 nitrogen and oxygen atoms in total. The van der Waals surface area contributed by atoms with Crippen LogP contribution in [0.4, 0.5) is 0 Å². The zero-order chi connectivity index (χ0) is 15.7. The van der Waals surface area contributed by atoms with Crippen molar-refractivity contribution >= 4 is 11.8 Å². The topological polar surface area (TPSA) is 52.7 Å². The van der Waals surface area contributed by atoms with Crippen molar-refractivity contribution in [3.8, 4) is 0 Å². The van der Waals surface area contributed by atoms with Gasteiger partial charge in [0.05, 0.1) is 5.92 Å². The van der Waals surface area contributed by atoms with Crippen LogP contribution in [0.2, 0.25) is 0 Å². The zero-order valence-corrected chi connectivity index (χ0v) is 13.9. The van der Waals surface area contributed by atoms with Gasteiger partial charge >= 0.3 is 0 Å². The Morgan fingerprint density at radius 1 is 1.14 bits per heavy atom. The van der Waals surface area contributed by atoms with Crippen LogP contribution in [0.5, 0.6) is 0 Å². The van der Waals surface area contributed by atoms with Crippen LogP contribution in [0.15, 0.2) is 0 Å².